The van der Waals surface area contributed by atoms with E-state index in [0.29, 0.717) is 0 Å². The van der Waals surface area contributed by atoms with Gasteiger partial charge in [-0.2, -0.15) is 0 Å². The molecule has 108 valence electrons. The number of benzene rings is 3. The number of allylic oxidation sites excluding steroid dienone is 1. The Morgan fingerprint density at radius 3 is 2.30 bits per heavy atom. The van der Waals surface area contributed by atoms with E-state index in [1.54, 1.807) is 0 Å². The van der Waals surface area contributed by atoms with E-state index in [9.17, 15) is 0 Å². The van der Waals surface area contributed by atoms with E-state index >= 15 is 0 Å². The fourth-order valence-electron chi connectivity index (χ4n) is 3.77. The summed E-state index contributed by atoms with van der Waals surface area (Å²) < 4.78 is 0. The van der Waals surface area contributed by atoms with Crippen molar-refractivity contribution in [2.75, 3.05) is 0 Å². The van der Waals surface area contributed by atoms with Gasteiger partial charge in [0.15, 0.2) is 0 Å². The Hall–Kier alpha value is -2.86. The number of rotatable bonds is 1. The molecule has 0 saturated heterocycles. The maximum Gasteiger partial charge on any atom is -0.00928 e. The minimum atomic E-state index is 1.32. The molecule has 2 aliphatic rings. The standard InChI is InChI=1S/C23H16/c1-15-6-2-4-8-19(15)18-12-17-10-11-21-20-9-5-3-7-16(20)13-23(21)22(17)14-18/h2-14H,1H3. The smallest absolute Gasteiger partial charge is 0.00928 e. The quantitative estimate of drug-likeness (QED) is 0.501. The highest BCUT2D eigenvalue weighted by Gasteiger charge is 2.14. The minimum absolute atomic E-state index is 1.32. The van der Waals surface area contributed by atoms with Gasteiger partial charge in [-0.15, -0.1) is 0 Å². The van der Waals surface area contributed by atoms with Gasteiger partial charge in [0.2, 0.25) is 0 Å². The molecule has 0 aromatic heterocycles. The molecule has 0 spiro atoms. The second-order valence-corrected chi connectivity index (χ2v) is 6.32. The topological polar surface area (TPSA) is 0 Å². The lowest BCUT2D eigenvalue weighted by atomic mass is 10.0. The normalized spacial score (nSPS) is 13.5. The fraction of sp³-hybridized carbons (Fsp3) is 0.0435. The molecule has 0 amide bonds. The van der Waals surface area contributed by atoms with Crippen LogP contribution in [0.25, 0.3) is 23.8 Å². The van der Waals surface area contributed by atoms with Crippen molar-refractivity contribution < 1.29 is 0 Å². The molecule has 0 bridgehead atoms. The van der Waals surface area contributed by atoms with Crippen molar-refractivity contribution in [1.82, 2.24) is 0 Å². The first-order valence-corrected chi connectivity index (χ1v) is 8.05. The van der Waals surface area contributed by atoms with Gasteiger partial charge in [0.05, 0.1) is 0 Å². The molecule has 23 heavy (non-hydrogen) atoms. The molecule has 3 aromatic rings. The second-order valence-electron chi connectivity index (χ2n) is 6.32. The van der Waals surface area contributed by atoms with Crippen molar-refractivity contribution in [2.45, 2.75) is 6.92 Å². The maximum absolute atomic E-state index is 2.35. The van der Waals surface area contributed by atoms with Crippen LogP contribution in [0.5, 0.6) is 0 Å². The Labute approximate surface area is 135 Å². The highest BCUT2D eigenvalue weighted by Crippen LogP contribution is 2.28. The third kappa shape index (κ3) is 1.78. The molecule has 0 heteroatoms. The summed E-state index contributed by atoms with van der Waals surface area (Å²) in [6.07, 6.45) is 6.99. The number of aryl methyl sites for hydroxylation is 1. The van der Waals surface area contributed by atoms with Crippen molar-refractivity contribution >= 4 is 23.8 Å². The van der Waals surface area contributed by atoms with Crippen LogP contribution in [-0.4, -0.2) is 0 Å². The summed E-state index contributed by atoms with van der Waals surface area (Å²) in [7, 11) is 0. The molecule has 0 atom stereocenters. The molecule has 0 N–H and O–H groups in total. The van der Waals surface area contributed by atoms with Crippen LogP contribution in [0.15, 0.2) is 60.7 Å². The second kappa shape index (κ2) is 4.57. The molecule has 0 aliphatic heterocycles. The van der Waals surface area contributed by atoms with Crippen LogP contribution in [0.3, 0.4) is 0 Å². The largest absolute Gasteiger partial charge is 0.0620 e. The Balaban J connectivity index is 1.81. The summed E-state index contributed by atoms with van der Waals surface area (Å²) in [6, 6.07) is 21.8. The minimum Gasteiger partial charge on any atom is -0.0620 e. The molecular formula is C23H16. The van der Waals surface area contributed by atoms with Gasteiger partial charge in [-0.3, -0.25) is 0 Å². The van der Waals surface area contributed by atoms with Gasteiger partial charge in [-0.1, -0.05) is 60.7 Å². The van der Waals surface area contributed by atoms with Crippen LogP contribution in [0.2, 0.25) is 0 Å². The molecule has 0 fully saturated rings. The van der Waals surface area contributed by atoms with Crippen molar-refractivity contribution in [2.24, 2.45) is 0 Å². The summed E-state index contributed by atoms with van der Waals surface area (Å²) in [4.78, 5) is 0. The Kier molecular flexibility index (Phi) is 2.51. The molecule has 5 rings (SSSR count). The summed E-state index contributed by atoms with van der Waals surface area (Å²) in [5.41, 5.74) is 6.69. The SMILES string of the molecule is Cc1ccccc1C1=Cc2c3c(ccc2=C1)=c1ccccc1=C3. The Morgan fingerprint density at radius 1 is 0.565 bits per heavy atom. The molecule has 2 aliphatic carbocycles. The van der Waals surface area contributed by atoms with Crippen molar-refractivity contribution in [3.63, 3.8) is 0 Å². The summed E-state index contributed by atoms with van der Waals surface area (Å²) >= 11 is 0. The van der Waals surface area contributed by atoms with Crippen molar-refractivity contribution in [3.8, 4) is 0 Å². The Morgan fingerprint density at radius 2 is 1.39 bits per heavy atom. The highest BCUT2D eigenvalue weighted by atomic mass is 14.2. The average Bonchev–Trinajstić information content (AvgIpc) is 3.16. The molecule has 0 heterocycles. The lowest BCUT2D eigenvalue weighted by molar-refractivity contribution is 1.44. The van der Waals surface area contributed by atoms with E-state index in [-0.39, 0.29) is 0 Å². The van der Waals surface area contributed by atoms with Crippen LogP contribution >= 0.6 is 0 Å². The zero-order chi connectivity index (χ0) is 15.4. The van der Waals surface area contributed by atoms with Gasteiger partial charge >= 0.3 is 0 Å². The summed E-state index contributed by atoms with van der Waals surface area (Å²) in [6.45, 7) is 2.18. The zero-order valence-corrected chi connectivity index (χ0v) is 13.0. The van der Waals surface area contributed by atoms with Crippen molar-refractivity contribution in [3.05, 3.63) is 104 Å². The maximum atomic E-state index is 2.35. The molecule has 3 aromatic carbocycles. The lowest BCUT2D eigenvalue weighted by Crippen LogP contribution is -2.03. The van der Waals surface area contributed by atoms with Gasteiger partial charge in [0.1, 0.15) is 0 Å². The van der Waals surface area contributed by atoms with Gasteiger partial charge in [-0.05, 0) is 73.9 Å². The first kappa shape index (κ1) is 12.7. The van der Waals surface area contributed by atoms with Crippen LogP contribution in [-0.2, 0) is 0 Å². The van der Waals surface area contributed by atoms with E-state index in [0.717, 1.165) is 0 Å². The van der Waals surface area contributed by atoms with Gasteiger partial charge in [-0.25, -0.2) is 0 Å². The van der Waals surface area contributed by atoms with E-state index in [4.69, 9.17) is 0 Å². The molecule has 0 radical (unpaired) electrons. The summed E-state index contributed by atoms with van der Waals surface area (Å²) in [5, 5.41) is 5.36. The zero-order valence-electron chi connectivity index (χ0n) is 13.0. The average molecular weight is 292 g/mol. The fourth-order valence-corrected chi connectivity index (χ4v) is 3.77. The number of hydrogen-bond acceptors (Lipinski definition) is 0. The molecule has 0 saturated carbocycles. The first-order chi connectivity index (χ1) is 11.3. The van der Waals surface area contributed by atoms with E-state index in [2.05, 4.69) is 85.8 Å². The summed E-state index contributed by atoms with van der Waals surface area (Å²) in [5.74, 6) is 0. The van der Waals surface area contributed by atoms with Crippen LogP contribution < -0.4 is 10.4 Å². The first-order valence-electron chi connectivity index (χ1n) is 8.05. The van der Waals surface area contributed by atoms with Crippen LogP contribution in [0.1, 0.15) is 22.3 Å². The van der Waals surface area contributed by atoms with E-state index in [1.165, 1.54) is 48.7 Å². The molecule has 0 nitrogen and oxygen atoms in total. The highest BCUT2D eigenvalue weighted by molar-refractivity contribution is 6.04. The van der Waals surface area contributed by atoms with Crippen molar-refractivity contribution in [1.29, 1.82) is 0 Å². The van der Waals surface area contributed by atoms with E-state index < -0.39 is 0 Å². The predicted molar refractivity (Wildman–Crippen MR) is 96.9 cm³/mol. The number of fused-ring (bicyclic) bond motifs is 4. The Bertz CT molecular complexity index is 1210. The lowest BCUT2D eigenvalue weighted by Gasteiger charge is -2.04. The molecular weight excluding hydrogens is 276 g/mol. The van der Waals surface area contributed by atoms with Crippen LogP contribution in [0, 0.1) is 17.4 Å². The third-order valence-corrected chi connectivity index (χ3v) is 4.94. The third-order valence-electron chi connectivity index (χ3n) is 4.94. The van der Waals surface area contributed by atoms with E-state index in [1.807, 2.05) is 0 Å². The van der Waals surface area contributed by atoms with Gasteiger partial charge < -0.3 is 0 Å². The van der Waals surface area contributed by atoms with Gasteiger partial charge in [0, 0.05) is 0 Å². The predicted octanol–water partition coefficient (Wildman–Crippen LogP) is 3.76. The number of hydrogen-bond donors (Lipinski definition) is 0. The monoisotopic (exact) mass is 292 g/mol. The molecule has 0 unspecified atom stereocenters. The van der Waals surface area contributed by atoms with Crippen LogP contribution in [0.4, 0.5) is 0 Å². The van der Waals surface area contributed by atoms with Gasteiger partial charge in [0.25, 0.3) is 0 Å².